The van der Waals surface area contributed by atoms with Gasteiger partial charge in [0.05, 0.1) is 5.54 Å². The fraction of sp³-hybridized carbons (Fsp3) is 0.391. The van der Waals surface area contributed by atoms with Crippen molar-refractivity contribution in [2.75, 3.05) is 16.8 Å². The molecule has 5 heteroatoms. The molecule has 2 aromatic carbocycles. The topological polar surface area (TPSA) is 44.4 Å². The van der Waals surface area contributed by atoms with E-state index in [2.05, 4.69) is 41.8 Å². The Balaban J connectivity index is 1.51. The smallest absolute Gasteiger partial charge is 0.227 e. The molecule has 4 nitrogen and oxygen atoms in total. The normalized spacial score (nSPS) is 18.3. The van der Waals surface area contributed by atoms with Gasteiger partial charge in [-0.25, -0.2) is 0 Å². The van der Waals surface area contributed by atoms with Crippen LogP contribution in [0.15, 0.2) is 48.5 Å². The first-order valence-electron chi connectivity index (χ1n) is 10.1. The molecule has 1 heterocycles. The third kappa shape index (κ3) is 3.76. The summed E-state index contributed by atoms with van der Waals surface area (Å²) < 4.78 is 0. The molecule has 0 spiro atoms. The zero-order valence-corrected chi connectivity index (χ0v) is 17.1. The molecule has 0 radical (unpaired) electrons. The van der Waals surface area contributed by atoms with Crippen LogP contribution in [-0.4, -0.2) is 17.6 Å². The zero-order valence-electron chi connectivity index (χ0n) is 16.3. The summed E-state index contributed by atoms with van der Waals surface area (Å²) in [6, 6.07) is 16.5. The Morgan fingerprint density at radius 2 is 1.86 bits per heavy atom. The highest BCUT2D eigenvalue weighted by atomic mass is 32.1. The summed E-state index contributed by atoms with van der Waals surface area (Å²) in [4.78, 5) is 13.9. The first-order valence-corrected chi connectivity index (χ1v) is 10.5. The Bertz CT molecular complexity index is 889. The van der Waals surface area contributed by atoms with Gasteiger partial charge in [-0.05, 0) is 67.7 Å². The predicted molar refractivity (Wildman–Crippen MR) is 119 cm³/mol. The van der Waals surface area contributed by atoms with Gasteiger partial charge < -0.3 is 15.5 Å². The lowest BCUT2D eigenvalue weighted by Crippen LogP contribution is -2.46. The van der Waals surface area contributed by atoms with E-state index in [0.717, 1.165) is 37.2 Å². The molecule has 0 unspecified atom stereocenters. The minimum absolute atomic E-state index is 0.0993. The molecule has 1 saturated heterocycles. The van der Waals surface area contributed by atoms with Crippen molar-refractivity contribution in [3.05, 3.63) is 59.7 Å². The lowest BCUT2D eigenvalue weighted by atomic mass is 9.85. The van der Waals surface area contributed by atoms with E-state index in [0.29, 0.717) is 11.5 Å². The fourth-order valence-electron chi connectivity index (χ4n) is 4.60. The number of hydrogen-bond acceptors (Lipinski definition) is 2. The highest BCUT2D eigenvalue weighted by Crippen LogP contribution is 2.40. The summed E-state index contributed by atoms with van der Waals surface area (Å²) in [5, 5.41) is 7.61. The molecule has 1 aliphatic carbocycles. The number of carbonyl (C=O) groups excluding carboxylic acids is 1. The Labute approximate surface area is 172 Å². The first-order chi connectivity index (χ1) is 13.6. The quantitative estimate of drug-likeness (QED) is 0.727. The molecule has 2 fully saturated rings. The largest absolute Gasteiger partial charge is 0.353 e. The Morgan fingerprint density at radius 3 is 2.57 bits per heavy atom. The number of thiocarbonyl (C=S) groups is 1. The van der Waals surface area contributed by atoms with Crippen molar-refractivity contribution in [3.8, 4) is 0 Å². The van der Waals surface area contributed by atoms with Crippen LogP contribution in [-0.2, 0) is 10.3 Å². The van der Waals surface area contributed by atoms with Crippen molar-refractivity contribution in [2.45, 2.75) is 51.0 Å². The van der Waals surface area contributed by atoms with Gasteiger partial charge in [0.25, 0.3) is 0 Å². The van der Waals surface area contributed by atoms with E-state index in [4.69, 9.17) is 12.2 Å². The molecule has 1 aliphatic heterocycles. The Kier molecular flexibility index (Phi) is 5.36. The lowest BCUT2D eigenvalue weighted by Gasteiger charge is -2.34. The van der Waals surface area contributed by atoms with Crippen molar-refractivity contribution in [1.29, 1.82) is 0 Å². The van der Waals surface area contributed by atoms with Gasteiger partial charge in [0.15, 0.2) is 5.11 Å². The number of hydrogen-bond donors (Lipinski definition) is 2. The maximum atomic E-state index is 12.0. The highest BCUT2D eigenvalue weighted by molar-refractivity contribution is 7.80. The summed E-state index contributed by atoms with van der Waals surface area (Å²) in [6.07, 6.45) is 6.14. The molecule has 2 N–H and O–H groups in total. The van der Waals surface area contributed by atoms with Crippen molar-refractivity contribution in [3.63, 3.8) is 0 Å². The number of amides is 1. The number of aryl methyl sites for hydroxylation is 1. The van der Waals surface area contributed by atoms with Crippen molar-refractivity contribution >= 4 is 34.6 Å². The van der Waals surface area contributed by atoms with Crippen LogP contribution in [0.4, 0.5) is 11.4 Å². The molecule has 0 aromatic heterocycles. The number of carbonyl (C=O) groups is 1. The molecule has 1 amide bonds. The third-order valence-electron chi connectivity index (χ3n) is 5.96. The molecule has 0 bridgehead atoms. The van der Waals surface area contributed by atoms with Crippen LogP contribution in [0, 0.1) is 6.92 Å². The highest BCUT2D eigenvalue weighted by Gasteiger charge is 2.37. The standard InChI is InChI=1S/C23H27N3OS/c1-17-8-2-3-11-20(17)23(13-4-5-14-23)25-22(28)24-18-9-6-10-19(16-18)26-15-7-12-21(26)27/h2-3,6,8-11,16H,4-5,7,12-15H2,1H3,(H2,24,25,28). The second kappa shape index (κ2) is 7.92. The van der Waals surface area contributed by atoms with Gasteiger partial charge in [-0.1, -0.05) is 43.2 Å². The minimum atomic E-state index is -0.0993. The molecular weight excluding hydrogens is 366 g/mol. The number of rotatable bonds is 4. The van der Waals surface area contributed by atoms with Crippen molar-refractivity contribution < 1.29 is 4.79 Å². The summed E-state index contributed by atoms with van der Waals surface area (Å²) >= 11 is 5.69. The molecule has 2 aliphatic rings. The fourth-order valence-corrected chi connectivity index (χ4v) is 4.92. The number of nitrogens with zero attached hydrogens (tertiary/aromatic N) is 1. The summed E-state index contributed by atoms with van der Waals surface area (Å²) in [7, 11) is 0. The zero-order chi connectivity index (χ0) is 19.6. The van der Waals surface area contributed by atoms with Gasteiger partial charge in [-0.2, -0.15) is 0 Å². The van der Waals surface area contributed by atoms with Gasteiger partial charge >= 0.3 is 0 Å². The number of nitrogens with one attached hydrogen (secondary N) is 2. The van der Waals surface area contributed by atoms with E-state index in [-0.39, 0.29) is 11.4 Å². The molecule has 1 saturated carbocycles. The summed E-state index contributed by atoms with van der Waals surface area (Å²) in [5.41, 5.74) is 4.39. The average molecular weight is 394 g/mol. The maximum Gasteiger partial charge on any atom is 0.227 e. The monoisotopic (exact) mass is 393 g/mol. The van der Waals surface area contributed by atoms with Crippen LogP contribution in [0.25, 0.3) is 0 Å². The van der Waals surface area contributed by atoms with Crippen LogP contribution >= 0.6 is 12.2 Å². The lowest BCUT2D eigenvalue weighted by molar-refractivity contribution is -0.117. The summed E-state index contributed by atoms with van der Waals surface area (Å²) in [5.74, 6) is 0.197. The molecule has 0 atom stereocenters. The van der Waals surface area contributed by atoms with E-state index >= 15 is 0 Å². The molecule has 4 rings (SSSR count). The van der Waals surface area contributed by atoms with Crippen LogP contribution in [0.3, 0.4) is 0 Å². The van der Waals surface area contributed by atoms with E-state index < -0.39 is 0 Å². The van der Waals surface area contributed by atoms with Crippen molar-refractivity contribution in [1.82, 2.24) is 5.32 Å². The summed E-state index contributed by atoms with van der Waals surface area (Å²) in [6.45, 7) is 2.96. The Morgan fingerprint density at radius 1 is 1.07 bits per heavy atom. The number of benzene rings is 2. The van der Waals surface area contributed by atoms with Gasteiger partial charge in [0, 0.05) is 24.3 Å². The molecule has 28 heavy (non-hydrogen) atoms. The third-order valence-corrected chi connectivity index (χ3v) is 6.16. The molecule has 146 valence electrons. The maximum absolute atomic E-state index is 12.0. The molecular formula is C23H27N3OS. The van der Waals surface area contributed by atoms with Crippen LogP contribution in [0.5, 0.6) is 0 Å². The van der Waals surface area contributed by atoms with Crippen molar-refractivity contribution in [2.24, 2.45) is 0 Å². The van der Waals surface area contributed by atoms with Gasteiger partial charge in [-0.3, -0.25) is 4.79 Å². The van der Waals surface area contributed by atoms with E-state index in [1.165, 1.54) is 24.0 Å². The second-order valence-corrected chi connectivity index (χ2v) is 8.29. The van der Waals surface area contributed by atoms with E-state index in [1.54, 1.807) is 0 Å². The Hall–Kier alpha value is -2.40. The van der Waals surface area contributed by atoms with Crippen LogP contribution in [0.2, 0.25) is 0 Å². The molecule has 2 aromatic rings. The average Bonchev–Trinajstić information content (AvgIpc) is 3.32. The number of anilines is 2. The van der Waals surface area contributed by atoms with E-state index in [9.17, 15) is 4.79 Å². The second-order valence-electron chi connectivity index (χ2n) is 7.88. The minimum Gasteiger partial charge on any atom is -0.353 e. The van der Waals surface area contributed by atoms with Crippen LogP contribution in [0.1, 0.15) is 49.7 Å². The van der Waals surface area contributed by atoms with Gasteiger partial charge in [0.2, 0.25) is 5.91 Å². The first kappa shape index (κ1) is 18.9. The van der Waals surface area contributed by atoms with Gasteiger partial charge in [-0.15, -0.1) is 0 Å². The van der Waals surface area contributed by atoms with E-state index in [1.807, 2.05) is 29.2 Å². The van der Waals surface area contributed by atoms with Crippen LogP contribution < -0.4 is 15.5 Å². The van der Waals surface area contributed by atoms with Gasteiger partial charge in [0.1, 0.15) is 0 Å². The predicted octanol–water partition coefficient (Wildman–Crippen LogP) is 4.88. The SMILES string of the molecule is Cc1ccccc1C1(NC(=S)Nc2cccc(N3CCCC3=O)c2)CCCC1.